The van der Waals surface area contributed by atoms with Gasteiger partial charge in [-0.3, -0.25) is 4.90 Å². The van der Waals surface area contributed by atoms with Gasteiger partial charge in [0, 0.05) is 12.1 Å². The van der Waals surface area contributed by atoms with Crippen molar-refractivity contribution in [3.8, 4) is 0 Å². The number of rotatable bonds is 0. The van der Waals surface area contributed by atoms with Crippen LogP contribution < -0.4 is 0 Å². The highest BCUT2D eigenvalue weighted by atomic mass is 15.2. The lowest BCUT2D eigenvalue weighted by atomic mass is 9.90. The number of hydrogen-bond donors (Lipinski definition) is 0. The molecule has 0 radical (unpaired) electrons. The van der Waals surface area contributed by atoms with Gasteiger partial charge in [0.2, 0.25) is 0 Å². The zero-order valence-electron chi connectivity index (χ0n) is 7.55. The number of fused-ring (bicyclic) bond motifs is 1. The first-order valence-electron chi connectivity index (χ1n) is 5.13. The molecular weight excluding hydrogens is 134 g/mol. The summed E-state index contributed by atoms with van der Waals surface area (Å²) in [6, 6.07) is 1.85. The Balaban J connectivity index is 1.99. The van der Waals surface area contributed by atoms with Gasteiger partial charge in [0.1, 0.15) is 0 Å². The van der Waals surface area contributed by atoms with Crippen LogP contribution in [0.5, 0.6) is 0 Å². The zero-order valence-corrected chi connectivity index (χ0v) is 7.55. The topological polar surface area (TPSA) is 3.24 Å². The Morgan fingerprint density at radius 1 is 1.00 bits per heavy atom. The summed E-state index contributed by atoms with van der Waals surface area (Å²) in [7, 11) is 0. The van der Waals surface area contributed by atoms with Crippen LogP contribution in [0.15, 0.2) is 0 Å². The maximum atomic E-state index is 2.74. The Morgan fingerprint density at radius 3 is 2.64 bits per heavy atom. The lowest BCUT2D eigenvalue weighted by molar-refractivity contribution is 0.0614. The van der Waals surface area contributed by atoms with Crippen LogP contribution in [-0.4, -0.2) is 23.5 Å². The van der Waals surface area contributed by atoms with Crippen molar-refractivity contribution in [2.24, 2.45) is 0 Å². The molecule has 2 rings (SSSR count). The molecule has 2 heterocycles. The summed E-state index contributed by atoms with van der Waals surface area (Å²) in [5, 5.41) is 0. The molecule has 0 aliphatic carbocycles. The average molecular weight is 153 g/mol. The Labute approximate surface area is 69.8 Å². The van der Waals surface area contributed by atoms with Crippen molar-refractivity contribution >= 4 is 0 Å². The van der Waals surface area contributed by atoms with Gasteiger partial charge in [-0.2, -0.15) is 0 Å². The van der Waals surface area contributed by atoms with Crippen LogP contribution in [0.3, 0.4) is 0 Å². The lowest BCUT2D eigenvalue weighted by Crippen LogP contribution is -2.47. The first-order valence-corrected chi connectivity index (χ1v) is 5.13. The maximum Gasteiger partial charge on any atom is 0.00980 e. The molecule has 0 unspecified atom stereocenters. The molecule has 0 N–H and O–H groups in total. The van der Waals surface area contributed by atoms with E-state index < -0.39 is 0 Å². The van der Waals surface area contributed by atoms with E-state index in [0.29, 0.717) is 0 Å². The molecule has 0 spiro atoms. The van der Waals surface area contributed by atoms with Crippen LogP contribution in [0.4, 0.5) is 0 Å². The fourth-order valence-electron chi connectivity index (χ4n) is 2.73. The summed E-state index contributed by atoms with van der Waals surface area (Å²) in [4.78, 5) is 2.74. The third-order valence-electron chi connectivity index (χ3n) is 3.40. The predicted molar refractivity (Wildman–Crippen MR) is 47.7 cm³/mol. The molecule has 64 valence electrons. The monoisotopic (exact) mass is 153 g/mol. The Hall–Kier alpha value is -0.0400. The maximum absolute atomic E-state index is 2.74. The van der Waals surface area contributed by atoms with E-state index in [0.717, 1.165) is 12.1 Å². The highest BCUT2D eigenvalue weighted by Gasteiger charge is 2.29. The SMILES string of the molecule is C[C@H]1CCC[C@@H]2CCCCN21. The van der Waals surface area contributed by atoms with E-state index >= 15 is 0 Å². The van der Waals surface area contributed by atoms with Crippen molar-refractivity contribution in [3.63, 3.8) is 0 Å². The third-order valence-corrected chi connectivity index (χ3v) is 3.40. The van der Waals surface area contributed by atoms with E-state index in [1.807, 2.05) is 0 Å². The van der Waals surface area contributed by atoms with Gasteiger partial charge in [-0.25, -0.2) is 0 Å². The van der Waals surface area contributed by atoms with Crippen LogP contribution in [0.25, 0.3) is 0 Å². The molecule has 1 nitrogen and oxygen atoms in total. The second-order valence-electron chi connectivity index (χ2n) is 4.17. The van der Waals surface area contributed by atoms with Gasteiger partial charge in [-0.15, -0.1) is 0 Å². The van der Waals surface area contributed by atoms with Crippen LogP contribution in [-0.2, 0) is 0 Å². The van der Waals surface area contributed by atoms with E-state index in [9.17, 15) is 0 Å². The minimum absolute atomic E-state index is 0.883. The first kappa shape index (κ1) is 7.60. The Morgan fingerprint density at radius 2 is 1.82 bits per heavy atom. The summed E-state index contributed by atoms with van der Waals surface area (Å²) in [6.07, 6.45) is 8.79. The fourth-order valence-corrected chi connectivity index (χ4v) is 2.73. The Kier molecular flexibility index (Phi) is 2.17. The Bertz CT molecular complexity index is 131. The van der Waals surface area contributed by atoms with Crippen molar-refractivity contribution < 1.29 is 0 Å². The van der Waals surface area contributed by atoms with Crippen LogP contribution >= 0.6 is 0 Å². The first-order chi connectivity index (χ1) is 5.38. The zero-order chi connectivity index (χ0) is 7.68. The molecule has 0 aromatic rings. The highest BCUT2D eigenvalue weighted by molar-refractivity contribution is 4.84. The van der Waals surface area contributed by atoms with Crippen molar-refractivity contribution in [2.45, 2.75) is 57.5 Å². The van der Waals surface area contributed by atoms with Gasteiger partial charge in [-0.1, -0.05) is 12.8 Å². The minimum atomic E-state index is 0.883. The molecule has 0 aromatic heterocycles. The van der Waals surface area contributed by atoms with Gasteiger partial charge >= 0.3 is 0 Å². The van der Waals surface area contributed by atoms with E-state index in [1.54, 1.807) is 0 Å². The van der Waals surface area contributed by atoms with Crippen molar-refractivity contribution in [1.29, 1.82) is 0 Å². The van der Waals surface area contributed by atoms with E-state index in [1.165, 1.54) is 45.1 Å². The van der Waals surface area contributed by atoms with Crippen LogP contribution in [0, 0.1) is 0 Å². The van der Waals surface area contributed by atoms with E-state index in [4.69, 9.17) is 0 Å². The van der Waals surface area contributed by atoms with Gasteiger partial charge in [-0.05, 0) is 39.2 Å². The second kappa shape index (κ2) is 3.14. The van der Waals surface area contributed by atoms with Gasteiger partial charge < -0.3 is 0 Å². The molecule has 2 saturated heterocycles. The normalized spacial score (nSPS) is 40.1. The molecule has 1 heteroatoms. The number of hydrogen-bond acceptors (Lipinski definition) is 1. The van der Waals surface area contributed by atoms with Gasteiger partial charge in [0.15, 0.2) is 0 Å². The highest BCUT2D eigenvalue weighted by Crippen LogP contribution is 2.29. The molecule has 0 saturated carbocycles. The van der Waals surface area contributed by atoms with Gasteiger partial charge in [0.05, 0.1) is 0 Å². The molecular formula is C10H19N. The molecule has 0 aromatic carbocycles. The molecule has 2 aliphatic rings. The summed E-state index contributed by atoms with van der Waals surface area (Å²) >= 11 is 0. The molecule has 2 aliphatic heterocycles. The second-order valence-corrected chi connectivity index (χ2v) is 4.17. The molecule has 2 atom stereocenters. The molecule has 0 amide bonds. The summed E-state index contributed by atoms with van der Waals surface area (Å²) in [6.45, 7) is 3.78. The van der Waals surface area contributed by atoms with E-state index in [-0.39, 0.29) is 0 Å². The molecule has 0 bridgehead atoms. The summed E-state index contributed by atoms with van der Waals surface area (Å²) in [5.41, 5.74) is 0. The summed E-state index contributed by atoms with van der Waals surface area (Å²) < 4.78 is 0. The molecule has 2 fully saturated rings. The summed E-state index contributed by atoms with van der Waals surface area (Å²) in [5.74, 6) is 0. The quantitative estimate of drug-likeness (QED) is 0.516. The van der Waals surface area contributed by atoms with Gasteiger partial charge in [0.25, 0.3) is 0 Å². The van der Waals surface area contributed by atoms with E-state index in [2.05, 4.69) is 11.8 Å². The number of piperidine rings is 2. The average Bonchev–Trinajstić information content (AvgIpc) is 2.06. The number of nitrogens with zero attached hydrogens (tertiary/aromatic N) is 1. The minimum Gasteiger partial charge on any atom is -0.298 e. The van der Waals surface area contributed by atoms with Crippen LogP contribution in [0.1, 0.15) is 45.4 Å². The third kappa shape index (κ3) is 1.44. The van der Waals surface area contributed by atoms with Crippen molar-refractivity contribution in [2.75, 3.05) is 6.54 Å². The molecule has 11 heavy (non-hydrogen) atoms. The van der Waals surface area contributed by atoms with Crippen molar-refractivity contribution in [3.05, 3.63) is 0 Å². The fraction of sp³-hybridized carbons (Fsp3) is 1.00. The smallest absolute Gasteiger partial charge is 0.00980 e. The van der Waals surface area contributed by atoms with Crippen molar-refractivity contribution in [1.82, 2.24) is 4.90 Å². The predicted octanol–water partition coefficient (Wildman–Crippen LogP) is 2.41. The standard InChI is InChI=1S/C10H19N/c1-9-5-4-7-10-6-2-3-8-11(9)10/h9-10H,2-8H2,1H3/t9-,10-/m0/s1. The van der Waals surface area contributed by atoms with Crippen LogP contribution in [0.2, 0.25) is 0 Å². The lowest BCUT2D eigenvalue weighted by Gasteiger charge is -2.43. The largest absolute Gasteiger partial charge is 0.298 e.